The number of nitrogens with two attached hydrogens (primary N) is 1. The number of piperidine rings is 2. The minimum Gasteiger partial charge on any atom is -0.492 e. The molecule has 41 heavy (non-hydrogen) atoms. The number of hydrogen-bond donors (Lipinski definition) is 1. The third-order valence-electron chi connectivity index (χ3n) is 9.07. The van der Waals surface area contributed by atoms with Crippen LogP contribution in [0.25, 0.3) is 0 Å². The fourth-order valence-corrected chi connectivity index (χ4v) is 6.21. The second-order valence-corrected chi connectivity index (χ2v) is 11.7. The number of alkyl halides is 2. The van der Waals surface area contributed by atoms with Gasteiger partial charge in [0.2, 0.25) is 11.6 Å². The molecule has 2 saturated heterocycles. The predicted molar refractivity (Wildman–Crippen MR) is 154 cm³/mol. The van der Waals surface area contributed by atoms with Gasteiger partial charge in [0.1, 0.15) is 23.5 Å². The van der Waals surface area contributed by atoms with E-state index < -0.39 is 35.1 Å². The third-order valence-corrected chi connectivity index (χ3v) is 9.07. The summed E-state index contributed by atoms with van der Waals surface area (Å²) < 4.78 is 37.5. The Morgan fingerprint density at radius 2 is 1.88 bits per heavy atom. The molecule has 0 spiro atoms. The lowest BCUT2D eigenvalue weighted by atomic mass is 9.78. The number of hydrogen-bond acceptors (Lipinski definition) is 5. The zero-order valence-corrected chi connectivity index (χ0v) is 24.2. The molecule has 222 valence electrons. The summed E-state index contributed by atoms with van der Waals surface area (Å²) in [5, 5.41) is 9.88. The summed E-state index contributed by atoms with van der Waals surface area (Å²) in [6, 6.07) is 6.24. The Kier molecular flexibility index (Phi) is 9.85. The van der Waals surface area contributed by atoms with Crippen LogP contribution in [0.4, 0.5) is 8.78 Å². The summed E-state index contributed by atoms with van der Waals surface area (Å²) in [5.74, 6) is -1.70. The molecule has 2 unspecified atom stereocenters. The topological polar surface area (TPSA) is 99.7 Å². The normalized spacial score (nSPS) is 25.6. The maximum atomic E-state index is 16.6. The molecule has 3 atom stereocenters. The average molecular weight is 569 g/mol. The summed E-state index contributed by atoms with van der Waals surface area (Å²) in [4.78, 5) is 29.0. The largest absolute Gasteiger partial charge is 0.492 e. The summed E-state index contributed by atoms with van der Waals surface area (Å²) in [5.41, 5.74) is 2.70. The van der Waals surface area contributed by atoms with Crippen molar-refractivity contribution in [3.63, 3.8) is 0 Å². The second kappa shape index (κ2) is 13.2. The van der Waals surface area contributed by atoms with Gasteiger partial charge in [-0.25, -0.2) is 8.78 Å². The van der Waals surface area contributed by atoms with Crippen molar-refractivity contribution in [3.05, 3.63) is 53.6 Å². The summed E-state index contributed by atoms with van der Waals surface area (Å²) >= 11 is 0. The molecule has 1 aliphatic carbocycles. The van der Waals surface area contributed by atoms with Crippen molar-refractivity contribution >= 4 is 11.8 Å². The highest BCUT2D eigenvalue weighted by Gasteiger charge is 2.49. The van der Waals surface area contributed by atoms with Crippen molar-refractivity contribution < 1.29 is 23.1 Å². The molecule has 2 fully saturated rings. The fourth-order valence-electron chi connectivity index (χ4n) is 6.21. The van der Waals surface area contributed by atoms with Crippen LogP contribution in [0.3, 0.4) is 0 Å². The van der Waals surface area contributed by atoms with Gasteiger partial charge >= 0.3 is 0 Å². The number of halogens is 2. The van der Waals surface area contributed by atoms with E-state index in [1.165, 1.54) is 17.1 Å². The van der Waals surface area contributed by atoms with Gasteiger partial charge in [-0.15, -0.1) is 0 Å². The number of carbonyl (C=O) groups is 2. The SMILES string of the molecule is CCC(F)(CC)CN1CCC(COc2ccc(C3C=CC=CC3(F)C(=O)N3CCCC[C@@H]3C(N)=O)cc2C#N)CC1. The molecule has 3 aliphatic rings. The standard InChI is InChI=1S/C32H42F2N4O3/c1-3-31(33,4-2)22-37-17-13-23(14-18-37)21-41-28-12-11-24(19-25(28)20-35)26-9-5-7-15-32(26,34)30(40)38-16-8-6-10-27(38)29(36)39/h5,7,9,11-12,15,19,23,26-27H,3-4,6,8,10,13-14,16-18,21-22H2,1-2H3,(H2,36,39)/t26?,27-,32?/m1/s1. The maximum absolute atomic E-state index is 16.6. The number of rotatable bonds is 10. The molecular weight excluding hydrogens is 526 g/mol. The van der Waals surface area contributed by atoms with Crippen molar-refractivity contribution in [2.24, 2.45) is 11.7 Å². The minimum atomic E-state index is -2.42. The molecular formula is C32H42F2N4O3. The molecule has 2 heterocycles. The van der Waals surface area contributed by atoms with E-state index in [0.29, 0.717) is 56.1 Å². The Hall–Kier alpha value is -3.25. The van der Waals surface area contributed by atoms with E-state index in [9.17, 15) is 19.2 Å². The number of carbonyl (C=O) groups excluding carboxylic acids is 2. The Morgan fingerprint density at radius 3 is 2.54 bits per heavy atom. The molecule has 9 heteroatoms. The minimum absolute atomic E-state index is 0.263. The van der Waals surface area contributed by atoms with E-state index in [1.54, 1.807) is 30.4 Å². The first-order valence-electron chi connectivity index (χ1n) is 14.9. The summed E-state index contributed by atoms with van der Waals surface area (Å²) in [7, 11) is 0. The van der Waals surface area contributed by atoms with Crippen LogP contribution in [0, 0.1) is 17.2 Å². The number of ether oxygens (including phenoxy) is 1. The molecule has 4 rings (SSSR count). The highest BCUT2D eigenvalue weighted by molar-refractivity contribution is 5.94. The van der Waals surface area contributed by atoms with Crippen LogP contribution in [-0.2, 0) is 9.59 Å². The molecule has 2 N–H and O–H groups in total. The lowest BCUT2D eigenvalue weighted by Crippen LogP contribution is -2.57. The van der Waals surface area contributed by atoms with Crippen LogP contribution in [-0.4, -0.2) is 71.8 Å². The Labute approximate surface area is 242 Å². The van der Waals surface area contributed by atoms with Crippen molar-refractivity contribution in [2.75, 3.05) is 32.8 Å². The van der Waals surface area contributed by atoms with Gasteiger partial charge in [-0.05, 0) is 87.7 Å². The second-order valence-electron chi connectivity index (χ2n) is 11.7. The summed E-state index contributed by atoms with van der Waals surface area (Å²) in [6.07, 6.45) is 10.6. The highest BCUT2D eigenvalue weighted by Crippen LogP contribution is 2.41. The fraction of sp³-hybridized carbons (Fsp3) is 0.594. The molecule has 1 aromatic rings. The Bertz CT molecular complexity index is 1200. The maximum Gasteiger partial charge on any atom is 0.265 e. The van der Waals surface area contributed by atoms with Crippen molar-refractivity contribution in [2.45, 2.75) is 82.1 Å². The molecule has 1 aromatic carbocycles. The smallest absolute Gasteiger partial charge is 0.265 e. The lowest BCUT2D eigenvalue weighted by molar-refractivity contribution is -0.149. The van der Waals surface area contributed by atoms with E-state index >= 15 is 4.39 Å². The van der Waals surface area contributed by atoms with Crippen molar-refractivity contribution in [1.29, 1.82) is 5.26 Å². The van der Waals surface area contributed by atoms with Crippen molar-refractivity contribution in [3.8, 4) is 11.8 Å². The number of primary amides is 1. The first-order valence-corrected chi connectivity index (χ1v) is 14.9. The van der Waals surface area contributed by atoms with Crippen LogP contribution in [0.5, 0.6) is 5.75 Å². The van der Waals surface area contributed by atoms with Gasteiger partial charge in [0.05, 0.1) is 12.2 Å². The zero-order chi connectivity index (χ0) is 29.6. The van der Waals surface area contributed by atoms with Gasteiger partial charge in [0.15, 0.2) is 0 Å². The van der Waals surface area contributed by atoms with E-state index in [4.69, 9.17) is 10.5 Å². The first kappa shape index (κ1) is 30.7. The lowest BCUT2D eigenvalue weighted by Gasteiger charge is -2.40. The van der Waals surface area contributed by atoms with Crippen LogP contribution >= 0.6 is 0 Å². The third kappa shape index (κ3) is 6.81. The molecule has 0 aromatic heterocycles. The molecule has 0 radical (unpaired) electrons. The molecule has 0 bridgehead atoms. The van der Waals surface area contributed by atoms with Gasteiger partial charge in [0, 0.05) is 19.0 Å². The molecule has 7 nitrogen and oxygen atoms in total. The van der Waals surface area contributed by atoms with Crippen molar-refractivity contribution in [1.82, 2.24) is 9.80 Å². The zero-order valence-electron chi connectivity index (χ0n) is 24.2. The number of likely N-dealkylation sites (tertiary alicyclic amines) is 2. The number of benzene rings is 1. The average Bonchev–Trinajstić information content (AvgIpc) is 3.00. The highest BCUT2D eigenvalue weighted by atomic mass is 19.1. The predicted octanol–water partition coefficient (Wildman–Crippen LogP) is 4.96. The van der Waals surface area contributed by atoms with Crippen LogP contribution in [0.15, 0.2) is 42.5 Å². The van der Waals surface area contributed by atoms with E-state index in [1.807, 2.05) is 13.8 Å². The quantitative estimate of drug-likeness (QED) is 0.430. The monoisotopic (exact) mass is 568 g/mol. The molecule has 2 aliphatic heterocycles. The van der Waals surface area contributed by atoms with E-state index in [0.717, 1.165) is 32.4 Å². The Morgan fingerprint density at radius 1 is 1.15 bits per heavy atom. The summed E-state index contributed by atoms with van der Waals surface area (Å²) in [6.45, 7) is 6.56. The molecule has 2 amide bonds. The number of allylic oxidation sites excluding steroid dienone is 3. The van der Waals surface area contributed by atoms with Gasteiger partial charge in [-0.2, -0.15) is 5.26 Å². The van der Waals surface area contributed by atoms with Gasteiger partial charge in [0.25, 0.3) is 5.91 Å². The van der Waals surface area contributed by atoms with Gasteiger partial charge in [-0.1, -0.05) is 38.1 Å². The number of nitriles is 1. The first-order chi connectivity index (χ1) is 19.6. The Balaban J connectivity index is 1.43. The van der Waals surface area contributed by atoms with Crippen LogP contribution < -0.4 is 10.5 Å². The van der Waals surface area contributed by atoms with Gasteiger partial charge < -0.3 is 20.3 Å². The molecule has 0 saturated carbocycles. The number of nitrogens with zero attached hydrogens (tertiary/aromatic N) is 3. The van der Waals surface area contributed by atoms with E-state index in [-0.39, 0.29) is 12.1 Å². The van der Waals surface area contributed by atoms with E-state index in [2.05, 4.69) is 11.0 Å². The number of amides is 2. The van der Waals surface area contributed by atoms with Crippen LogP contribution in [0.1, 0.15) is 75.8 Å². The van der Waals surface area contributed by atoms with Gasteiger partial charge in [-0.3, -0.25) is 9.59 Å². The van der Waals surface area contributed by atoms with Crippen LogP contribution in [0.2, 0.25) is 0 Å².